The standard InChI is InChI=1S/C22H29N5O2S/c1-16(2)27-11-8-18(24-27)21(28)26(10-5-9-25-12-14-29-15-13-25)22-23-20-17(3)6-4-7-19(20)30-22/h4,6-8,11,16H,5,9-10,12-15H2,1-3H3. The maximum absolute atomic E-state index is 13.4. The fourth-order valence-electron chi connectivity index (χ4n) is 3.63. The molecule has 0 aliphatic carbocycles. The van der Waals surface area contributed by atoms with Crippen LogP contribution >= 0.6 is 11.3 Å². The van der Waals surface area contributed by atoms with Crippen LogP contribution in [-0.2, 0) is 4.74 Å². The van der Waals surface area contributed by atoms with Gasteiger partial charge in [-0.2, -0.15) is 5.10 Å². The van der Waals surface area contributed by atoms with Crippen LogP contribution < -0.4 is 4.90 Å². The van der Waals surface area contributed by atoms with Gasteiger partial charge in [-0.25, -0.2) is 4.98 Å². The molecule has 0 atom stereocenters. The van der Waals surface area contributed by atoms with Crippen LogP contribution in [-0.4, -0.2) is 65.0 Å². The number of amides is 1. The highest BCUT2D eigenvalue weighted by Crippen LogP contribution is 2.31. The quantitative estimate of drug-likeness (QED) is 0.575. The minimum atomic E-state index is -0.0897. The zero-order valence-corrected chi connectivity index (χ0v) is 18.7. The Morgan fingerprint density at radius 3 is 2.77 bits per heavy atom. The summed E-state index contributed by atoms with van der Waals surface area (Å²) in [5.41, 5.74) is 2.56. The lowest BCUT2D eigenvalue weighted by Gasteiger charge is -2.27. The Labute approximate surface area is 181 Å². The molecule has 0 N–H and O–H groups in total. The van der Waals surface area contributed by atoms with Crippen LogP contribution in [0.1, 0.15) is 42.4 Å². The molecule has 0 unspecified atom stereocenters. The first kappa shape index (κ1) is 21.0. The lowest BCUT2D eigenvalue weighted by atomic mass is 10.2. The van der Waals surface area contributed by atoms with E-state index in [1.54, 1.807) is 22.3 Å². The van der Waals surface area contributed by atoms with E-state index < -0.39 is 0 Å². The first-order valence-electron chi connectivity index (χ1n) is 10.6. The number of nitrogens with zero attached hydrogens (tertiary/aromatic N) is 5. The summed E-state index contributed by atoms with van der Waals surface area (Å²) in [6.45, 7) is 11.2. The smallest absolute Gasteiger partial charge is 0.280 e. The van der Waals surface area contributed by atoms with Gasteiger partial charge in [0.05, 0.1) is 23.4 Å². The van der Waals surface area contributed by atoms with E-state index in [4.69, 9.17) is 9.72 Å². The van der Waals surface area contributed by atoms with Gasteiger partial charge < -0.3 is 4.74 Å². The van der Waals surface area contributed by atoms with Crippen molar-refractivity contribution in [2.45, 2.75) is 33.2 Å². The van der Waals surface area contributed by atoms with Gasteiger partial charge in [0.1, 0.15) is 0 Å². The van der Waals surface area contributed by atoms with Crippen molar-refractivity contribution in [1.29, 1.82) is 0 Å². The van der Waals surface area contributed by atoms with Crippen LogP contribution in [0.5, 0.6) is 0 Å². The number of carbonyl (C=O) groups is 1. The molecule has 160 valence electrons. The number of aryl methyl sites for hydroxylation is 1. The number of hydrogen-bond donors (Lipinski definition) is 0. The monoisotopic (exact) mass is 427 g/mol. The molecule has 1 saturated heterocycles. The third kappa shape index (κ3) is 4.55. The molecule has 0 bridgehead atoms. The first-order valence-corrected chi connectivity index (χ1v) is 11.4. The van der Waals surface area contributed by atoms with Gasteiger partial charge in [0.2, 0.25) is 0 Å². The molecule has 3 aromatic rings. The number of aromatic nitrogens is 3. The molecule has 8 heteroatoms. The molecular weight excluding hydrogens is 398 g/mol. The average molecular weight is 428 g/mol. The summed E-state index contributed by atoms with van der Waals surface area (Å²) in [6, 6.07) is 8.17. The summed E-state index contributed by atoms with van der Waals surface area (Å²) in [7, 11) is 0. The third-order valence-corrected chi connectivity index (χ3v) is 6.45. The van der Waals surface area contributed by atoms with Gasteiger partial charge >= 0.3 is 0 Å². The minimum Gasteiger partial charge on any atom is -0.379 e. The van der Waals surface area contributed by atoms with Crippen molar-refractivity contribution in [3.05, 3.63) is 41.7 Å². The Bertz CT molecular complexity index is 1010. The third-order valence-electron chi connectivity index (χ3n) is 5.40. The van der Waals surface area contributed by atoms with Gasteiger partial charge in [0.25, 0.3) is 5.91 Å². The summed E-state index contributed by atoms with van der Waals surface area (Å²) in [6.07, 6.45) is 2.75. The summed E-state index contributed by atoms with van der Waals surface area (Å²) in [5, 5.41) is 5.24. The second-order valence-electron chi connectivity index (χ2n) is 7.96. The molecular formula is C22H29N5O2S. The van der Waals surface area contributed by atoms with Gasteiger partial charge in [-0.1, -0.05) is 23.5 Å². The molecule has 0 radical (unpaired) electrons. The number of fused-ring (bicyclic) bond motifs is 1. The number of hydrogen-bond acceptors (Lipinski definition) is 6. The van der Waals surface area contributed by atoms with Crippen LogP contribution in [0.3, 0.4) is 0 Å². The number of para-hydroxylation sites is 1. The number of morpholine rings is 1. The molecule has 1 aliphatic rings. The zero-order chi connectivity index (χ0) is 21.1. The van der Waals surface area contributed by atoms with Crippen molar-refractivity contribution in [2.75, 3.05) is 44.3 Å². The van der Waals surface area contributed by atoms with E-state index in [1.165, 1.54) is 0 Å². The predicted octanol–water partition coefficient (Wildman–Crippen LogP) is 3.75. The van der Waals surface area contributed by atoms with Crippen molar-refractivity contribution in [3.8, 4) is 0 Å². The van der Waals surface area contributed by atoms with Crippen molar-refractivity contribution in [2.24, 2.45) is 0 Å². The molecule has 1 aromatic carbocycles. The molecule has 3 heterocycles. The SMILES string of the molecule is Cc1cccc2sc(N(CCCN3CCOCC3)C(=O)c3ccn(C(C)C)n3)nc12. The Morgan fingerprint density at radius 1 is 1.27 bits per heavy atom. The van der Waals surface area contributed by atoms with Gasteiger partial charge in [-0.15, -0.1) is 0 Å². The lowest BCUT2D eigenvalue weighted by molar-refractivity contribution is 0.0376. The van der Waals surface area contributed by atoms with Gasteiger partial charge in [0.15, 0.2) is 10.8 Å². The maximum Gasteiger partial charge on any atom is 0.280 e. The van der Waals surface area contributed by atoms with Crippen LogP contribution in [0.15, 0.2) is 30.5 Å². The molecule has 1 amide bonds. The number of carbonyl (C=O) groups excluding carboxylic acids is 1. The van der Waals surface area contributed by atoms with Crippen molar-refractivity contribution >= 4 is 32.6 Å². The van der Waals surface area contributed by atoms with Crippen LogP contribution in [0.4, 0.5) is 5.13 Å². The predicted molar refractivity (Wildman–Crippen MR) is 121 cm³/mol. The number of ether oxygens (including phenoxy) is 1. The van der Waals surface area contributed by atoms with E-state index in [1.807, 2.05) is 16.9 Å². The number of rotatable bonds is 7. The Morgan fingerprint density at radius 2 is 2.07 bits per heavy atom. The largest absolute Gasteiger partial charge is 0.379 e. The van der Waals surface area contributed by atoms with Crippen molar-refractivity contribution in [3.63, 3.8) is 0 Å². The van der Waals surface area contributed by atoms with Crippen molar-refractivity contribution in [1.82, 2.24) is 19.7 Å². The topological polar surface area (TPSA) is 63.5 Å². The Hall–Kier alpha value is -2.29. The lowest BCUT2D eigenvalue weighted by Crippen LogP contribution is -2.39. The van der Waals surface area contributed by atoms with E-state index in [0.29, 0.717) is 12.2 Å². The van der Waals surface area contributed by atoms with Crippen LogP contribution in [0.25, 0.3) is 10.2 Å². The second-order valence-corrected chi connectivity index (χ2v) is 8.97. The van der Waals surface area contributed by atoms with E-state index in [2.05, 4.69) is 42.9 Å². The molecule has 1 fully saturated rings. The highest BCUT2D eigenvalue weighted by molar-refractivity contribution is 7.22. The van der Waals surface area contributed by atoms with E-state index in [0.717, 1.165) is 60.2 Å². The summed E-state index contributed by atoms with van der Waals surface area (Å²) >= 11 is 1.57. The van der Waals surface area contributed by atoms with Crippen LogP contribution in [0.2, 0.25) is 0 Å². The maximum atomic E-state index is 13.4. The summed E-state index contributed by atoms with van der Waals surface area (Å²) in [5.74, 6) is -0.0897. The highest BCUT2D eigenvalue weighted by Gasteiger charge is 2.24. The molecule has 0 spiro atoms. The minimum absolute atomic E-state index is 0.0897. The van der Waals surface area contributed by atoms with Gasteiger partial charge in [0, 0.05) is 38.4 Å². The zero-order valence-electron chi connectivity index (χ0n) is 17.9. The van der Waals surface area contributed by atoms with Crippen LogP contribution in [0, 0.1) is 6.92 Å². The summed E-state index contributed by atoms with van der Waals surface area (Å²) < 4.78 is 8.36. The first-order chi connectivity index (χ1) is 14.5. The van der Waals surface area contributed by atoms with E-state index in [9.17, 15) is 4.79 Å². The number of benzene rings is 1. The molecule has 0 saturated carbocycles. The normalized spacial score (nSPS) is 15.2. The fraction of sp³-hybridized carbons (Fsp3) is 0.500. The van der Waals surface area contributed by atoms with Crippen molar-refractivity contribution < 1.29 is 9.53 Å². The summed E-state index contributed by atoms with van der Waals surface area (Å²) in [4.78, 5) is 22.4. The number of anilines is 1. The van der Waals surface area contributed by atoms with Gasteiger partial charge in [-0.05, 0) is 44.9 Å². The molecule has 7 nitrogen and oxygen atoms in total. The fourth-order valence-corrected chi connectivity index (χ4v) is 4.70. The Kier molecular flexibility index (Phi) is 6.46. The Balaban J connectivity index is 1.57. The average Bonchev–Trinajstić information content (AvgIpc) is 3.40. The molecule has 2 aromatic heterocycles. The number of thiazole rings is 1. The van der Waals surface area contributed by atoms with E-state index >= 15 is 0 Å². The molecule has 1 aliphatic heterocycles. The second kappa shape index (κ2) is 9.24. The van der Waals surface area contributed by atoms with Gasteiger partial charge in [-0.3, -0.25) is 19.3 Å². The molecule has 4 rings (SSSR count). The molecule has 30 heavy (non-hydrogen) atoms. The van der Waals surface area contributed by atoms with E-state index in [-0.39, 0.29) is 11.9 Å². The highest BCUT2D eigenvalue weighted by atomic mass is 32.1.